The second-order valence-electron chi connectivity index (χ2n) is 3.79. The summed E-state index contributed by atoms with van der Waals surface area (Å²) in [5, 5.41) is 2.54. The Hall–Kier alpha value is -1.75. The molecule has 1 rings (SSSR count). The van der Waals surface area contributed by atoms with Crippen LogP contribution in [-0.4, -0.2) is 26.3 Å². The first kappa shape index (κ1) is 14.3. The summed E-state index contributed by atoms with van der Waals surface area (Å²) in [4.78, 5) is 11.2. The van der Waals surface area contributed by atoms with Crippen molar-refractivity contribution in [1.29, 1.82) is 0 Å². The number of carbonyl (C=O) groups excluding carboxylic acids is 1. The summed E-state index contributed by atoms with van der Waals surface area (Å²) in [6.45, 7) is 3.11. The van der Waals surface area contributed by atoms with Crippen molar-refractivity contribution in [2.24, 2.45) is 5.73 Å². The standard InChI is InChI=1S/C13H20N2O3/c1-3-11-8-10(4-5-12(11)17-2)9-18-13(16)15-7-6-14/h4-5,8H,3,6-7,9,14H2,1-2H3,(H,15,16). The van der Waals surface area contributed by atoms with Crippen LogP contribution in [0.1, 0.15) is 18.1 Å². The number of nitrogens with one attached hydrogen (secondary N) is 1. The van der Waals surface area contributed by atoms with Crippen LogP contribution in [0.4, 0.5) is 4.79 Å². The number of ether oxygens (including phenoxy) is 2. The van der Waals surface area contributed by atoms with Crippen molar-refractivity contribution in [3.8, 4) is 5.75 Å². The Balaban J connectivity index is 2.55. The predicted octanol–water partition coefficient (Wildman–Crippen LogP) is 1.44. The van der Waals surface area contributed by atoms with Crippen molar-refractivity contribution in [2.75, 3.05) is 20.2 Å². The average molecular weight is 252 g/mol. The van der Waals surface area contributed by atoms with E-state index in [0.29, 0.717) is 13.1 Å². The molecule has 0 saturated heterocycles. The topological polar surface area (TPSA) is 73.6 Å². The zero-order chi connectivity index (χ0) is 13.4. The van der Waals surface area contributed by atoms with Crippen LogP contribution < -0.4 is 15.8 Å². The second kappa shape index (κ2) is 7.55. The van der Waals surface area contributed by atoms with E-state index in [0.717, 1.165) is 23.3 Å². The average Bonchev–Trinajstić information content (AvgIpc) is 2.42. The van der Waals surface area contributed by atoms with Crippen molar-refractivity contribution in [1.82, 2.24) is 5.32 Å². The van der Waals surface area contributed by atoms with Gasteiger partial charge in [0, 0.05) is 13.1 Å². The lowest BCUT2D eigenvalue weighted by Gasteiger charge is -2.10. The molecule has 5 nitrogen and oxygen atoms in total. The Morgan fingerprint density at radius 3 is 2.83 bits per heavy atom. The first-order valence-electron chi connectivity index (χ1n) is 5.97. The van der Waals surface area contributed by atoms with Gasteiger partial charge >= 0.3 is 6.09 Å². The molecule has 1 amide bonds. The number of aryl methyl sites for hydroxylation is 1. The van der Waals surface area contributed by atoms with Crippen molar-refractivity contribution < 1.29 is 14.3 Å². The van der Waals surface area contributed by atoms with E-state index >= 15 is 0 Å². The van der Waals surface area contributed by atoms with Gasteiger partial charge in [0.05, 0.1) is 7.11 Å². The Kier molecular flexibility index (Phi) is 6.00. The number of alkyl carbamates (subject to hydrolysis) is 1. The van der Waals surface area contributed by atoms with Gasteiger partial charge in [0.15, 0.2) is 0 Å². The molecule has 1 aromatic carbocycles. The van der Waals surface area contributed by atoms with Crippen LogP contribution in [-0.2, 0) is 17.8 Å². The Morgan fingerprint density at radius 2 is 2.22 bits per heavy atom. The molecule has 3 N–H and O–H groups in total. The molecule has 5 heteroatoms. The number of nitrogens with two attached hydrogens (primary N) is 1. The molecule has 0 unspecified atom stereocenters. The normalized spacial score (nSPS) is 9.94. The van der Waals surface area contributed by atoms with E-state index in [1.807, 2.05) is 18.2 Å². The summed E-state index contributed by atoms with van der Waals surface area (Å²) in [7, 11) is 1.64. The van der Waals surface area contributed by atoms with Gasteiger partial charge in [0.25, 0.3) is 0 Å². The van der Waals surface area contributed by atoms with E-state index in [4.69, 9.17) is 15.2 Å². The maximum Gasteiger partial charge on any atom is 0.407 e. The van der Waals surface area contributed by atoms with Crippen LogP contribution in [0.2, 0.25) is 0 Å². The molecule has 1 aromatic rings. The Bertz CT molecular complexity index is 394. The van der Waals surface area contributed by atoms with E-state index < -0.39 is 6.09 Å². The fourth-order valence-electron chi connectivity index (χ4n) is 1.57. The van der Waals surface area contributed by atoms with Crippen LogP contribution in [0.25, 0.3) is 0 Å². The summed E-state index contributed by atoms with van der Waals surface area (Å²) in [6.07, 6.45) is 0.422. The molecule has 0 fully saturated rings. The molecule has 0 saturated carbocycles. The summed E-state index contributed by atoms with van der Waals surface area (Å²) in [5.41, 5.74) is 7.31. The lowest BCUT2D eigenvalue weighted by molar-refractivity contribution is 0.140. The third-order valence-corrected chi connectivity index (χ3v) is 2.51. The third kappa shape index (κ3) is 4.25. The number of benzene rings is 1. The van der Waals surface area contributed by atoms with Gasteiger partial charge in [-0.15, -0.1) is 0 Å². The van der Waals surface area contributed by atoms with Crippen molar-refractivity contribution in [3.63, 3.8) is 0 Å². The molecular formula is C13H20N2O3. The molecule has 18 heavy (non-hydrogen) atoms. The number of methoxy groups -OCH3 is 1. The first-order chi connectivity index (χ1) is 8.71. The van der Waals surface area contributed by atoms with Crippen LogP contribution >= 0.6 is 0 Å². The molecular weight excluding hydrogens is 232 g/mol. The van der Waals surface area contributed by atoms with Gasteiger partial charge in [-0.25, -0.2) is 4.79 Å². The molecule has 0 radical (unpaired) electrons. The first-order valence-corrected chi connectivity index (χ1v) is 5.97. The van der Waals surface area contributed by atoms with E-state index in [1.54, 1.807) is 7.11 Å². The van der Waals surface area contributed by atoms with Crippen molar-refractivity contribution in [2.45, 2.75) is 20.0 Å². The van der Waals surface area contributed by atoms with Gasteiger partial charge in [0.2, 0.25) is 0 Å². The van der Waals surface area contributed by atoms with E-state index in [1.165, 1.54) is 0 Å². The van der Waals surface area contributed by atoms with Crippen LogP contribution in [0.3, 0.4) is 0 Å². The molecule has 0 aromatic heterocycles. The lowest BCUT2D eigenvalue weighted by atomic mass is 10.1. The summed E-state index contributed by atoms with van der Waals surface area (Å²) < 4.78 is 10.3. The quantitative estimate of drug-likeness (QED) is 0.803. The second-order valence-corrected chi connectivity index (χ2v) is 3.79. The maximum atomic E-state index is 11.2. The molecule has 0 spiro atoms. The minimum absolute atomic E-state index is 0.243. The predicted molar refractivity (Wildman–Crippen MR) is 69.6 cm³/mol. The van der Waals surface area contributed by atoms with Crippen LogP contribution in [0, 0.1) is 0 Å². The highest BCUT2D eigenvalue weighted by Gasteiger charge is 2.05. The molecule has 0 atom stereocenters. The van der Waals surface area contributed by atoms with Gasteiger partial charge in [-0.2, -0.15) is 0 Å². The van der Waals surface area contributed by atoms with Crippen molar-refractivity contribution in [3.05, 3.63) is 29.3 Å². The zero-order valence-corrected chi connectivity index (χ0v) is 10.9. The smallest absolute Gasteiger partial charge is 0.407 e. The van der Waals surface area contributed by atoms with Crippen molar-refractivity contribution >= 4 is 6.09 Å². The molecule has 0 aliphatic carbocycles. The molecule has 100 valence electrons. The highest BCUT2D eigenvalue weighted by molar-refractivity contribution is 5.67. The molecule has 0 aliphatic rings. The minimum Gasteiger partial charge on any atom is -0.496 e. The molecule has 0 bridgehead atoms. The fraction of sp³-hybridized carbons (Fsp3) is 0.462. The van der Waals surface area contributed by atoms with Gasteiger partial charge in [-0.3, -0.25) is 0 Å². The van der Waals surface area contributed by atoms with Crippen LogP contribution in [0.5, 0.6) is 5.75 Å². The van der Waals surface area contributed by atoms with Crippen LogP contribution in [0.15, 0.2) is 18.2 Å². The Labute approximate surface area is 107 Å². The number of amides is 1. The van der Waals surface area contributed by atoms with Gasteiger partial charge < -0.3 is 20.5 Å². The Morgan fingerprint density at radius 1 is 1.44 bits per heavy atom. The largest absolute Gasteiger partial charge is 0.496 e. The number of rotatable bonds is 6. The third-order valence-electron chi connectivity index (χ3n) is 2.51. The zero-order valence-electron chi connectivity index (χ0n) is 10.9. The minimum atomic E-state index is -0.450. The summed E-state index contributed by atoms with van der Waals surface area (Å²) in [6, 6.07) is 5.75. The molecule has 0 aliphatic heterocycles. The summed E-state index contributed by atoms with van der Waals surface area (Å²) >= 11 is 0. The fourth-order valence-corrected chi connectivity index (χ4v) is 1.57. The summed E-state index contributed by atoms with van der Waals surface area (Å²) in [5.74, 6) is 0.855. The van der Waals surface area contributed by atoms with Gasteiger partial charge in [-0.05, 0) is 29.7 Å². The van der Waals surface area contributed by atoms with E-state index in [9.17, 15) is 4.79 Å². The number of hydrogen-bond acceptors (Lipinski definition) is 4. The SMILES string of the molecule is CCc1cc(COC(=O)NCCN)ccc1OC. The highest BCUT2D eigenvalue weighted by atomic mass is 16.5. The number of hydrogen-bond donors (Lipinski definition) is 2. The van der Waals surface area contributed by atoms with Gasteiger partial charge in [0.1, 0.15) is 12.4 Å². The lowest BCUT2D eigenvalue weighted by Crippen LogP contribution is -2.29. The maximum absolute atomic E-state index is 11.2. The van der Waals surface area contributed by atoms with E-state index in [-0.39, 0.29) is 6.61 Å². The monoisotopic (exact) mass is 252 g/mol. The molecule has 0 heterocycles. The highest BCUT2D eigenvalue weighted by Crippen LogP contribution is 2.20. The number of carbonyl (C=O) groups is 1. The van der Waals surface area contributed by atoms with E-state index in [2.05, 4.69) is 12.2 Å². The van der Waals surface area contributed by atoms with Gasteiger partial charge in [-0.1, -0.05) is 13.0 Å².